The molecule has 0 fully saturated rings. The highest BCUT2D eigenvalue weighted by molar-refractivity contribution is 5.81. The van der Waals surface area contributed by atoms with Crippen LogP contribution >= 0.6 is 0 Å². The molecule has 0 unspecified atom stereocenters. The summed E-state index contributed by atoms with van der Waals surface area (Å²) in [6.07, 6.45) is 2.64. The summed E-state index contributed by atoms with van der Waals surface area (Å²) < 4.78 is 11.0. The molecular formula is C17H22N4O2. The van der Waals surface area contributed by atoms with Crippen LogP contribution in [0.4, 0.5) is 5.95 Å². The Bertz CT molecular complexity index is 666. The average molecular weight is 314 g/mol. The van der Waals surface area contributed by atoms with Crippen LogP contribution in [-0.2, 0) is 0 Å². The first-order valence-corrected chi connectivity index (χ1v) is 7.54. The molecule has 1 aromatic carbocycles. The Balaban J connectivity index is 2.07. The Hall–Kier alpha value is -2.63. The van der Waals surface area contributed by atoms with E-state index < -0.39 is 0 Å². The van der Waals surface area contributed by atoms with Crippen molar-refractivity contribution in [2.75, 3.05) is 19.1 Å². The molecule has 6 heteroatoms. The summed E-state index contributed by atoms with van der Waals surface area (Å²) in [6, 6.07) is 7.58. The average Bonchev–Trinajstić information content (AvgIpc) is 2.52. The molecule has 1 N–H and O–H groups in total. The highest BCUT2D eigenvalue weighted by atomic mass is 16.5. The maximum Gasteiger partial charge on any atom is 0.243 e. The summed E-state index contributed by atoms with van der Waals surface area (Å²) in [5.74, 6) is 1.90. The van der Waals surface area contributed by atoms with Crippen molar-refractivity contribution in [1.29, 1.82) is 0 Å². The van der Waals surface area contributed by atoms with Gasteiger partial charge in [-0.25, -0.2) is 15.4 Å². The van der Waals surface area contributed by atoms with Gasteiger partial charge in [0.2, 0.25) is 5.95 Å². The van der Waals surface area contributed by atoms with Crippen molar-refractivity contribution >= 4 is 12.2 Å². The summed E-state index contributed by atoms with van der Waals surface area (Å²) in [7, 11) is 1.62. The zero-order valence-electron chi connectivity index (χ0n) is 14.0. The Morgan fingerprint density at radius 2 is 1.87 bits per heavy atom. The van der Waals surface area contributed by atoms with Crippen LogP contribution < -0.4 is 14.9 Å². The molecule has 6 nitrogen and oxygen atoms in total. The van der Waals surface area contributed by atoms with Gasteiger partial charge < -0.3 is 9.47 Å². The third kappa shape index (κ3) is 4.95. The van der Waals surface area contributed by atoms with Crippen molar-refractivity contribution in [3.63, 3.8) is 0 Å². The number of ether oxygens (including phenoxy) is 2. The van der Waals surface area contributed by atoms with Gasteiger partial charge in [0.25, 0.3) is 0 Å². The van der Waals surface area contributed by atoms with E-state index >= 15 is 0 Å². The van der Waals surface area contributed by atoms with Crippen LogP contribution in [-0.4, -0.2) is 29.9 Å². The van der Waals surface area contributed by atoms with Gasteiger partial charge in [0.15, 0.2) is 11.5 Å². The van der Waals surface area contributed by atoms with Gasteiger partial charge in [0, 0.05) is 11.4 Å². The molecule has 0 radical (unpaired) electrons. The first-order valence-electron chi connectivity index (χ1n) is 7.54. The minimum Gasteiger partial charge on any atom is -0.493 e. The van der Waals surface area contributed by atoms with Crippen LogP contribution in [0, 0.1) is 13.8 Å². The van der Waals surface area contributed by atoms with Gasteiger partial charge in [-0.15, -0.1) is 0 Å². The Labute approximate surface area is 136 Å². The predicted molar refractivity (Wildman–Crippen MR) is 91.5 cm³/mol. The number of rotatable bonds is 7. The van der Waals surface area contributed by atoms with Gasteiger partial charge in [-0.3, -0.25) is 0 Å². The number of nitrogens with zero attached hydrogens (tertiary/aromatic N) is 3. The second-order valence-corrected chi connectivity index (χ2v) is 5.10. The standard InChI is InChI=1S/C17H22N4O2/c1-5-8-23-15-7-6-14(10-16(15)22-4)11-18-21-17-19-12(2)9-13(3)20-17/h6-7,9-11H,5,8H2,1-4H3,(H,19,20,21). The number of hydrogen-bond acceptors (Lipinski definition) is 6. The number of anilines is 1. The monoisotopic (exact) mass is 314 g/mol. The van der Waals surface area contributed by atoms with Crippen molar-refractivity contribution in [2.45, 2.75) is 27.2 Å². The second kappa shape index (κ2) is 8.12. The van der Waals surface area contributed by atoms with E-state index in [1.54, 1.807) is 13.3 Å². The summed E-state index contributed by atoms with van der Waals surface area (Å²) in [5, 5.41) is 4.16. The van der Waals surface area contributed by atoms with Crippen LogP contribution in [0.2, 0.25) is 0 Å². The maximum absolute atomic E-state index is 5.63. The Kier molecular flexibility index (Phi) is 5.91. The largest absolute Gasteiger partial charge is 0.493 e. The number of aromatic nitrogens is 2. The van der Waals surface area contributed by atoms with Gasteiger partial charge in [0.05, 0.1) is 19.9 Å². The van der Waals surface area contributed by atoms with E-state index in [9.17, 15) is 0 Å². The smallest absolute Gasteiger partial charge is 0.243 e. The van der Waals surface area contributed by atoms with E-state index in [-0.39, 0.29) is 0 Å². The quantitative estimate of drug-likeness (QED) is 0.627. The van der Waals surface area contributed by atoms with E-state index in [0.717, 1.165) is 29.1 Å². The lowest BCUT2D eigenvalue weighted by atomic mass is 10.2. The van der Waals surface area contributed by atoms with Crippen molar-refractivity contribution in [3.8, 4) is 11.5 Å². The third-order valence-corrected chi connectivity index (χ3v) is 3.01. The van der Waals surface area contributed by atoms with E-state index in [1.165, 1.54) is 0 Å². The SMILES string of the molecule is CCCOc1ccc(C=NNc2nc(C)cc(C)n2)cc1OC. The highest BCUT2D eigenvalue weighted by Crippen LogP contribution is 2.27. The fourth-order valence-electron chi connectivity index (χ4n) is 2.04. The zero-order chi connectivity index (χ0) is 16.7. The van der Waals surface area contributed by atoms with Gasteiger partial charge in [-0.1, -0.05) is 6.92 Å². The summed E-state index contributed by atoms with van der Waals surface area (Å²) >= 11 is 0. The molecule has 0 bridgehead atoms. The lowest BCUT2D eigenvalue weighted by molar-refractivity contribution is 0.294. The van der Waals surface area contributed by atoms with Gasteiger partial charge in [-0.2, -0.15) is 5.10 Å². The number of benzene rings is 1. The number of methoxy groups -OCH3 is 1. The van der Waals surface area contributed by atoms with Gasteiger partial charge in [0.1, 0.15) is 0 Å². The molecule has 0 aliphatic heterocycles. The maximum atomic E-state index is 5.63. The predicted octanol–water partition coefficient (Wildman–Crippen LogP) is 3.34. The molecule has 0 saturated heterocycles. The first-order chi connectivity index (χ1) is 11.1. The van der Waals surface area contributed by atoms with E-state index in [1.807, 2.05) is 38.1 Å². The molecule has 0 amide bonds. The fraction of sp³-hybridized carbons (Fsp3) is 0.353. The van der Waals surface area contributed by atoms with Crippen LogP contribution in [0.25, 0.3) is 0 Å². The molecule has 0 aliphatic rings. The normalized spacial score (nSPS) is 10.8. The van der Waals surface area contributed by atoms with Crippen molar-refractivity contribution in [3.05, 3.63) is 41.2 Å². The number of hydrogen-bond donors (Lipinski definition) is 1. The zero-order valence-corrected chi connectivity index (χ0v) is 14.0. The van der Waals surface area contributed by atoms with Gasteiger partial charge >= 0.3 is 0 Å². The number of nitrogens with one attached hydrogen (secondary N) is 1. The van der Waals surface area contributed by atoms with Crippen molar-refractivity contribution in [1.82, 2.24) is 9.97 Å². The second-order valence-electron chi connectivity index (χ2n) is 5.10. The van der Waals surface area contributed by atoms with Crippen molar-refractivity contribution < 1.29 is 9.47 Å². The molecule has 1 aromatic heterocycles. The molecule has 23 heavy (non-hydrogen) atoms. The fourth-order valence-corrected chi connectivity index (χ4v) is 2.04. The molecule has 0 spiro atoms. The van der Waals surface area contributed by atoms with Crippen LogP contribution in [0.5, 0.6) is 11.5 Å². The molecule has 2 rings (SSSR count). The van der Waals surface area contributed by atoms with E-state index in [2.05, 4.69) is 27.4 Å². The van der Waals surface area contributed by atoms with Gasteiger partial charge in [-0.05, 0) is 50.1 Å². The first kappa shape index (κ1) is 16.7. The van der Waals surface area contributed by atoms with Crippen molar-refractivity contribution in [2.24, 2.45) is 5.10 Å². The summed E-state index contributed by atoms with van der Waals surface area (Å²) in [5.41, 5.74) is 5.52. The number of aryl methyl sites for hydroxylation is 2. The lowest BCUT2D eigenvalue weighted by Crippen LogP contribution is -2.00. The van der Waals surface area contributed by atoms with Crippen LogP contribution in [0.1, 0.15) is 30.3 Å². The number of hydrazone groups is 1. The molecule has 0 aliphatic carbocycles. The molecule has 1 heterocycles. The molecule has 2 aromatic rings. The molecule has 122 valence electrons. The van der Waals surface area contributed by atoms with E-state index in [4.69, 9.17) is 9.47 Å². The molecular weight excluding hydrogens is 292 g/mol. The minimum absolute atomic E-state index is 0.480. The molecule has 0 atom stereocenters. The lowest BCUT2D eigenvalue weighted by Gasteiger charge is -2.10. The summed E-state index contributed by atoms with van der Waals surface area (Å²) in [6.45, 7) is 6.57. The Morgan fingerprint density at radius 1 is 1.13 bits per heavy atom. The van der Waals surface area contributed by atoms with Crippen LogP contribution in [0.3, 0.4) is 0 Å². The van der Waals surface area contributed by atoms with E-state index in [0.29, 0.717) is 18.3 Å². The topological polar surface area (TPSA) is 68.6 Å². The summed E-state index contributed by atoms with van der Waals surface area (Å²) in [4.78, 5) is 8.53. The molecule has 0 saturated carbocycles. The minimum atomic E-state index is 0.480. The Morgan fingerprint density at radius 3 is 2.52 bits per heavy atom. The highest BCUT2D eigenvalue weighted by Gasteiger charge is 2.04. The van der Waals surface area contributed by atoms with Crippen LogP contribution in [0.15, 0.2) is 29.4 Å². The third-order valence-electron chi connectivity index (χ3n) is 3.01.